The van der Waals surface area contributed by atoms with Crippen molar-refractivity contribution in [1.82, 2.24) is 0 Å². The summed E-state index contributed by atoms with van der Waals surface area (Å²) in [7, 11) is 0. The molecular formula is C12H9NO4. The molecule has 17 heavy (non-hydrogen) atoms. The zero-order valence-corrected chi connectivity index (χ0v) is 8.71. The van der Waals surface area contributed by atoms with Crippen LogP contribution in [0.2, 0.25) is 0 Å². The van der Waals surface area contributed by atoms with Gasteiger partial charge >= 0.3 is 5.97 Å². The average Bonchev–Trinajstić information content (AvgIpc) is 2.79. The number of carbonyl (C=O) groups is 2. The van der Waals surface area contributed by atoms with E-state index < -0.39 is 11.9 Å². The topological polar surface area (TPSA) is 79.5 Å². The van der Waals surface area contributed by atoms with Crippen LogP contribution < -0.4 is 5.32 Å². The van der Waals surface area contributed by atoms with Gasteiger partial charge < -0.3 is 14.8 Å². The number of hydrogen-bond donors (Lipinski definition) is 2. The van der Waals surface area contributed by atoms with Crippen LogP contribution in [0, 0.1) is 0 Å². The molecule has 0 spiro atoms. The summed E-state index contributed by atoms with van der Waals surface area (Å²) < 4.78 is 4.87. The molecule has 0 unspecified atom stereocenters. The van der Waals surface area contributed by atoms with Crippen molar-refractivity contribution in [2.45, 2.75) is 0 Å². The number of para-hydroxylation sites is 1. The molecule has 0 aliphatic rings. The first-order chi connectivity index (χ1) is 8.18. The lowest BCUT2D eigenvalue weighted by Crippen LogP contribution is -2.14. The van der Waals surface area contributed by atoms with Gasteiger partial charge in [0.2, 0.25) is 5.76 Å². The van der Waals surface area contributed by atoms with Crippen molar-refractivity contribution in [1.29, 1.82) is 0 Å². The fourth-order valence-electron chi connectivity index (χ4n) is 1.36. The van der Waals surface area contributed by atoms with Crippen LogP contribution in [0.15, 0.2) is 47.1 Å². The van der Waals surface area contributed by atoms with E-state index in [-0.39, 0.29) is 11.3 Å². The Morgan fingerprint density at radius 1 is 1.12 bits per heavy atom. The first-order valence-corrected chi connectivity index (χ1v) is 4.85. The summed E-state index contributed by atoms with van der Waals surface area (Å²) in [5.41, 5.74) is 0.420. The van der Waals surface area contributed by atoms with Gasteiger partial charge in [-0.05, 0) is 18.2 Å². The highest BCUT2D eigenvalue weighted by molar-refractivity contribution is 6.08. The molecule has 86 valence electrons. The molecule has 1 heterocycles. The zero-order valence-electron chi connectivity index (χ0n) is 8.71. The number of aromatic carboxylic acids is 1. The van der Waals surface area contributed by atoms with Gasteiger partial charge in [0, 0.05) is 5.69 Å². The predicted molar refractivity (Wildman–Crippen MR) is 60.1 cm³/mol. The van der Waals surface area contributed by atoms with Crippen LogP contribution in [0.25, 0.3) is 0 Å². The molecule has 1 aromatic heterocycles. The number of carboxylic acid groups (broad SMARTS) is 1. The fourth-order valence-corrected chi connectivity index (χ4v) is 1.36. The summed E-state index contributed by atoms with van der Waals surface area (Å²) in [5, 5.41) is 11.4. The van der Waals surface area contributed by atoms with Gasteiger partial charge in [0.05, 0.1) is 6.26 Å². The third-order valence-electron chi connectivity index (χ3n) is 2.13. The minimum absolute atomic E-state index is 0.154. The maximum atomic E-state index is 11.7. The number of amides is 1. The molecule has 1 aromatic carbocycles. The highest BCUT2D eigenvalue weighted by Crippen LogP contribution is 2.13. The minimum atomic E-state index is -1.20. The lowest BCUT2D eigenvalue weighted by molar-refractivity contribution is 0.0690. The summed E-state index contributed by atoms with van der Waals surface area (Å²) in [4.78, 5) is 22.5. The Labute approximate surface area is 96.7 Å². The Kier molecular flexibility index (Phi) is 2.91. The molecule has 0 saturated carbocycles. The van der Waals surface area contributed by atoms with E-state index >= 15 is 0 Å². The monoisotopic (exact) mass is 231 g/mol. The van der Waals surface area contributed by atoms with Crippen LogP contribution in [-0.2, 0) is 0 Å². The predicted octanol–water partition coefficient (Wildman–Crippen LogP) is 2.23. The molecule has 0 radical (unpaired) electrons. The summed E-state index contributed by atoms with van der Waals surface area (Å²) in [6, 6.07) is 9.96. The van der Waals surface area contributed by atoms with Crippen molar-refractivity contribution in [2.75, 3.05) is 5.32 Å². The van der Waals surface area contributed by atoms with Crippen molar-refractivity contribution in [3.05, 3.63) is 54.0 Å². The summed E-state index contributed by atoms with van der Waals surface area (Å²) >= 11 is 0. The molecule has 0 fully saturated rings. The van der Waals surface area contributed by atoms with Crippen LogP contribution in [0.3, 0.4) is 0 Å². The van der Waals surface area contributed by atoms with E-state index in [1.54, 1.807) is 24.3 Å². The summed E-state index contributed by atoms with van der Waals surface area (Å²) in [5.74, 6) is -1.99. The number of rotatable bonds is 3. The SMILES string of the molecule is O=C(O)c1ccoc1C(=O)Nc1ccccc1. The maximum Gasteiger partial charge on any atom is 0.339 e. The Balaban J connectivity index is 2.21. The van der Waals surface area contributed by atoms with Gasteiger partial charge in [-0.15, -0.1) is 0 Å². The molecular weight excluding hydrogens is 222 g/mol. The van der Waals surface area contributed by atoms with Crippen molar-refractivity contribution < 1.29 is 19.1 Å². The minimum Gasteiger partial charge on any atom is -0.478 e. The molecule has 2 aromatic rings. The number of carboxylic acids is 1. The number of anilines is 1. The molecule has 0 atom stereocenters. The zero-order chi connectivity index (χ0) is 12.3. The van der Waals surface area contributed by atoms with Crippen LogP contribution in [-0.4, -0.2) is 17.0 Å². The third kappa shape index (κ3) is 2.34. The van der Waals surface area contributed by atoms with E-state index in [9.17, 15) is 9.59 Å². The normalized spacial score (nSPS) is 9.88. The molecule has 0 aliphatic carbocycles. The second kappa shape index (κ2) is 4.52. The van der Waals surface area contributed by atoms with E-state index in [4.69, 9.17) is 9.52 Å². The molecule has 2 rings (SSSR count). The first kappa shape index (κ1) is 10.9. The molecule has 5 heteroatoms. The average molecular weight is 231 g/mol. The van der Waals surface area contributed by atoms with Gasteiger partial charge in [0.1, 0.15) is 5.56 Å². The van der Waals surface area contributed by atoms with Crippen molar-refractivity contribution in [3.63, 3.8) is 0 Å². The third-order valence-corrected chi connectivity index (χ3v) is 2.13. The van der Waals surface area contributed by atoms with E-state index in [1.165, 1.54) is 12.3 Å². The Bertz CT molecular complexity index is 545. The fraction of sp³-hybridized carbons (Fsp3) is 0. The lowest BCUT2D eigenvalue weighted by atomic mass is 10.2. The quantitative estimate of drug-likeness (QED) is 0.848. The lowest BCUT2D eigenvalue weighted by Gasteiger charge is -2.02. The van der Waals surface area contributed by atoms with Crippen molar-refractivity contribution in [3.8, 4) is 0 Å². The van der Waals surface area contributed by atoms with Crippen molar-refractivity contribution in [2.24, 2.45) is 0 Å². The molecule has 0 saturated heterocycles. The highest BCUT2D eigenvalue weighted by atomic mass is 16.4. The first-order valence-electron chi connectivity index (χ1n) is 4.85. The molecule has 0 aliphatic heterocycles. The largest absolute Gasteiger partial charge is 0.478 e. The number of carbonyl (C=O) groups excluding carboxylic acids is 1. The van der Waals surface area contributed by atoms with E-state index in [1.807, 2.05) is 6.07 Å². The van der Waals surface area contributed by atoms with Crippen LogP contribution in [0.5, 0.6) is 0 Å². The smallest absolute Gasteiger partial charge is 0.339 e. The standard InChI is InChI=1S/C12H9NO4/c14-11(13-8-4-2-1-3-5-8)10-9(12(15)16)6-7-17-10/h1-7H,(H,13,14)(H,15,16). The highest BCUT2D eigenvalue weighted by Gasteiger charge is 2.20. The van der Waals surface area contributed by atoms with Gasteiger partial charge in [-0.3, -0.25) is 4.79 Å². The van der Waals surface area contributed by atoms with E-state index in [0.29, 0.717) is 5.69 Å². The number of hydrogen-bond acceptors (Lipinski definition) is 3. The van der Waals surface area contributed by atoms with Gasteiger partial charge in [-0.2, -0.15) is 0 Å². The second-order valence-corrected chi connectivity index (χ2v) is 3.29. The maximum absolute atomic E-state index is 11.7. The summed E-state index contributed by atoms with van der Waals surface area (Å²) in [6.45, 7) is 0. The van der Waals surface area contributed by atoms with E-state index in [2.05, 4.69) is 5.32 Å². The van der Waals surface area contributed by atoms with Crippen LogP contribution in [0.4, 0.5) is 5.69 Å². The Morgan fingerprint density at radius 3 is 2.47 bits per heavy atom. The molecule has 5 nitrogen and oxygen atoms in total. The van der Waals surface area contributed by atoms with Crippen molar-refractivity contribution >= 4 is 17.6 Å². The van der Waals surface area contributed by atoms with Crippen LogP contribution in [0.1, 0.15) is 20.9 Å². The Hall–Kier alpha value is -2.56. The van der Waals surface area contributed by atoms with Gasteiger partial charge in [-0.1, -0.05) is 18.2 Å². The van der Waals surface area contributed by atoms with Gasteiger partial charge in [0.25, 0.3) is 5.91 Å². The second-order valence-electron chi connectivity index (χ2n) is 3.29. The molecule has 0 bridgehead atoms. The Morgan fingerprint density at radius 2 is 1.82 bits per heavy atom. The number of benzene rings is 1. The van der Waals surface area contributed by atoms with Gasteiger partial charge in [0.15, 0.2) is 0 Å². The van der Waals surface area contributed by atoms with E-state index in [0.717, 1.165) is 0 Å². The number of nitrogens with one attached hydrogen (secondary N) is 1. The van der Waals surface area contributed by atoms with Crippen LogP contribution >= 0.6 is 0 Å². The number of furan rings is 1. The molecule has 1 amide bonds. The summed E-state index contributed by atoms with van der Waals surface area (Å²) in [6.07, 6.45) is 1.17. The molecule has 2 N–H and O–H groups in total. The van der Waals surface area contributed by atoms with Gasteiger partial charge in [-0.25, -0.2) is 4.79 Å².